The standard InChI is InChI=1S/C17H20F3N3O3/c1-11(24)21-9-13-10-23(16(25)26-13)12-2-3-15(14(18)8-12)22-6-4-17(19,20)5-7-22/h2-3,8,13H,4-7,9-10H2,1H3,(H,21,24)/t13-/m0/s1. The fourth-order valence-electron chi connectivity index (χ4n) is 3.09. The van der Waals surface area contributed by atoms with Gasteiger partial charge >= 0.3 is 6.09 Å². The maximum absolute atomic E-state index is 14.5. The fourth-order valence-corrected chi connectivity index (χ4v) is 3.09. The van der Waals surface area contributed by atoms with E-state index in [1.54, 1.807) is 11.0 Å². The van der Waals surface area contributed by atoms with Crippen LogP contribution < -0.4 is 15.1 Å². The van der Waals surface area contributed by atoms with Crippen LogP contribution in [0.5, 0.6) is 0 Å². The summed E-state index contributed by atoms with van der Waals surface area (Å²) in [5.74, 6) is -3.51. The molecule has 2 aliphatic heterocycles. The van der Waals surface area contributed by atoms with E-state index in [4.69, 9.17) is 4.74 Å². The second-order valence-corrected chi connectivity index (χ2v) is 6.53. The van der Waals surface area contributed by atoms with Crippen LogP contribution in [0.1, 0.15) is 19.8 Å². The number of hydrogen-bond acceptors (Lipinski definition) is 4. The molecule has 3 rings (SSSR count). The number of ether oxygens (including phenoxy) is 1. The van der Waals surface area contributed by atoms with Gasteiger partial charge in [-0.15, -0.1) is 0 Å². The number of nitrogens with zero attached hydrogens (tertiary/aromatic N) is 2. The molecule has 1 N–H and O–H groups in total. The van der Waals surface area contributed by atoms with Gasteiger partial charge in [-0.2, -0.15) is 0 Å². The molecule has 0 aromatic heterocycles. The van der Waals surface area contributed by atoms with Crippen LogP contribution in [0.2, 0.25) is 0 Å². The smallest absolute Gasteiger partial charge is 0.414 e. The Morgan fingerprint density at radius 2 is 2.04 bits per heavy atom. The Bertz CT molecular complexity index is 704. The highest BCUT2D eigenvalue weighted by molar-refractivity contribution is 5.90. The Kier molecular flexibility index (Phi) is 4.97. The molecule has 6 nitrogen and oxygen atoms in total. The third kappa shape index (κ3) is 4.03. The van der Waals surface area contributed by atoms with Crippen molar-refractivity contribution in [3.63, 3.8) is 0 Å². The fraction of sp³-hybridized carbons (Fsp3) is 0.529. The van der Waals surface area contributed by atoms with Gasteiger partial charge in [0.15, 0.2) is 0 Å². The predicted molar refractivity (Wildman–Crippen MR) is 89.1 cm³/mol. The summed E-state index contributed by atoms with van der Waals surface area (Å²) in [5.41, 5.74) is 0.565. The van der Waals surface area contributed by atoms with Crippen LogP contribution in [0.3, 0.4) is 0 Å². The molecule has 2 fully saturated rings. The molecule has 0 aliphatic carbocycles. The van der Waals surface area contributed by atoms with Gasteiger partial charge in [0.25, 0.3) is 5.92 Å². The van der Waals surface area contributed by atoms with E-state index < -0.39 is 23.9 Å². The van der Waals surface area contributed by atoms with Crippen molar-refractivity contribution in [3.8, 4) is 0 Å². The van der Waals surface area contributed by atoms with E-state index in [1.807, 2.05) is 0 Å². The number of hydrogen-bond donors (Lipinski definition) is 1. The first-order valence-electron chi connectivity index (χ1n) is 8.40. The molecule has 142 valence electrons. The molecule has 2 amide bonds. The number of alkyl halides is 2. The van der Waals surface area contributed by atoms with Crippen LogP contribution in [-0.2, 0) is 9.53 Å². The molecule has 26 heavy (non-hydrogen) atoms. The predicted octanol–water partition coefficient (Wildman–Crippen LogP) is 2.52. The second kappa shape index (κ2) is 7.05. The number of anilines is 2. The Balaban J connectivity index is 1.68. The Labute approximate surface area is 148 Å². The van der Waals surface area contributed by atoms with Crippen molar-refractivity contribution < 1.29 is 27.5 Å². The van der Waals surface area contributed by atoms with E-state index in [2.05, 4.69) is 5.32 Å². The number of carbonyl (C=O) groups is 2. The lowest BCUT2D eigenvalue weighted by Crippen LogP contribution is -2.39. The number of benzene rings is 1. The van der Waals surface area contributed by atoms with Crippen LogP contribution in [0, 0.1) is 5.82 Å². The van der Waals surface area contributed by atoms with Crippen molar-refractivity contribution in [2.75, 3.05) is 36.0 Å². The van der Waals surface area contributed by atoms with Gasteiger partial charge < -0.3 is 15.0 Å². The summed E-state index contributed by atoms with van der Waals surface area (Å²) in [7, 11) is 0. The first kappa shape index (κ1) is 18.3. The maximum atomic E-state index is 14.5. The number of carbonyl (C=O) groups excluding carboxylic acids is 2. The number of halogens is 3. The highest BCUT2D eigenvalue weighted by atomic mass is 19.3. The maximum Gasteiger partial charge on any atom is 0.414 e. The Morgan fingerprint density at radius 3 is 2.65 bits per heavy atom. The summed E-state index contributed by atoms with van der Waals surface area (Å²) in [6, 6.07) is 4.25. The second-order valence-electron chi connectivity index (χ2n) is 6.53. The Morgan fingerprint density at radius 1 is 1.35 bits per heavy atom. The molecule has 0 unspecified atom stereocenters. The summed E-state index contributed by atoms with van der Waals surface area (Å²) in [6.45, 7) is 1.88. The first-order chi connectivity index (χ1) is 12.2. The van der Waals surface area contributed by atoms with Gasteiger partial charge in [-0.25, -0.2) is 18.0 Å². The zero-order valence-corrected chi connectivity index (χ0v) is 14.3. The minimum atomic E-state index is -2.70. The average Bonchev–Trinajstić information content (AvgIpc) is 2.94. The molecule has 0 bridgehead atoms. The normalized spacial score (nSPS) is 22.3. The van der Waals surface area contributed by atoms with Crippen molar-refractivity contribution in [3.05, 3.63) is 24.0 Å². The van der Waals surface area contributed by atoms with E-state index in [9.17, 15) is 22.8 Å². The van der Waals surface area contributed by atoms with Crippen LogP contribution in [0.4, 0.5) is 29.3 Å². The largest absolute Gasteiger partial charge is 0.442 e. The van der Waals surface area contributed by atoms with Gasteiger partial charge in [-0.05, 0) is 18.2 Å². The topological polar surface area (TPSA) is 61.9 Å². The molecule has 1 atom stereocenters. The highest BCUT2D eigenvalue weighted by Crippen LogP contribution is 2.33. The number of piperidine rings is 1. The summed E-state index contributed by atoms with van der Waals surface area (Å²) in [4.78, 5) is 25.8. The van der Waals surface area contributed by atoms with E-state index >= 15 is 0 Å². The minimum absolute atomic E-state index is 0.0772. The number of cyclic esters (lactones) is 1. The third-order valence-electron chi connectivity index (χ3n) is 4.53. The van der Waals surface area contributed by atoms with Gasteiger partial charge in [0.05, 0.1) is 24.5 Å². The zero-order valence-electron chi connectivity index (χ0n) is 14.3. The lowest BCUT2D eigenvalue weighted by Gasteiger charge is -2.33. The van der Waals surface area contributed by atoms with E-state index in [1.165, 1.54) is 24.0 Å². The lowest BCUT2D eigenvalue weighted by atomic mass is 10.1. The van der Waals surface area contributed by atoms with Crippen molar-refractivity contribution in [1.82, 2.24) is 5.32 Å². The van der Waals surface area contributed by atoms with E-state index in [0.717, 1.165) is 0 Å². The molecule has 2 aliphatic rings. The molecule has 9 heteroatoms. The van der Waals surface area contributed by atoms with Crippen LogP contribution in [0.15, 0.2) is 18.2 Å². The molecular weight excluding hydrogens is 351 g/mol. The highest BCUT2D eigenvalue weighted by Gasteiger charge is 2.35. The van der Waals surface area contributed by atoms with Gasteiger partial charge in [0.1, 0.15) is 11.9 Å². The van der Waals surface area contributed by atoms with Gasteiger partial charge in [0, 0.05) is 32.9 Å². The first-order valence-corrected chi connectivity index (χ1v) is 8.40. The Hall–Kier alpha value is -2.45. The van der Waals surface area contributed by atoms with Crippen LogP contribution in [0.25, 0.3) is 0 Å². The molecule has 1 aromatic rings. The molecule has 0 saturated carbocycles. The quantitative estimate of drug-likeness (QED) is 0.884. The molecule has 0 radical (unpaired) electrons. The third-order valence-corrected chi connectivity index (χ3v) is 4.53. The molecule has 2 saturated heterocycles. The summed E-state index contributed by atoms with van der Waals surface area (Å²) < 4.78 is 46.1. The van der Waals surface area contributed by atoms with Crippen molar-refractivity contribution in [2.24, 2.45) is 0 Å². The molecular formula is C17H20F3N3O3. The van der Waals surface area contributed by atoms with Crippen LogP contribution >= 0.6 is 0 Å². The van der Waals surface area contributed by atoms with Gasteiger partial charge in [0.2, 0.25) is 5.91 Å². The molecule has 2 heterocycles. The van der Waals surface area contributed by atoms with Crippen molar-refractivity contribution in [2.45, 2.75) is 31.8 Å². The van der Waals surface area contributed by atoms with Gasteiger partial charge in [-0.3, -0.25) is 9.69 Å². The number of amides is 2. The van der Waals surface area contributed by atoms with Crippen LogP contribution in [-0.4, -0.2) is 50.2 Å². The van der Waals surface area contributed by atoms with E-state index in [-0.39, 0.29) is 50.6 Å². The average molecular weight is 371 g/mol. The number of rotatable bonds is 4. The molecule has 0 spiro atoms. The zero-order chi connectivity index (χ0) is 18.9. The van der Waals surface area contributed by atoms with Crippen molar-refractivity contribution in [1.29, 1.82) is 0 Å². The monoisotopic (exact) mass is 371 g/mol. The van der Waals surface area contributed by atoms with Crippen molar-refractivity contribution >= 4 is 23.4 Å². The number of nitrogens with one attached hydrogen (secondary N) is 1. The van der Waals surface area contributed by atoms with E-state index in [0.29, 0.717) is 5.69 Å². The lowest BCUT2D eigenvalue weighted by molar-refractivity contribution is -0.119. The summed E-state index contributed by atoms with van der Waals surface area (Å²) in [6.07, 6.45) is -1.75. The van der Waals surface area contributed by atoms with Gasteiger partial charge in [-0.1, -0.05) is 0 Å². The molecule has 1 aromatic carbocycles. The SMILES string of the molecule is CC(=O)NC[C@H]1CN(c2ccc(N3CCC(F)(F)CC3)c(F)c2)C(=O)O1. The summed E-state index contributed by atoms with van der Waals surface area (Å²) >= 11 is 0. The summed E-state index contributed by atoms with van der Waals surface area (Å²) in [5, 5.41) is 2.57. The minimum Gasteiger partial charge on any atom is -0.442 e.